The lowest BCUT2D eigenvalue weighted by atomic mass is 10.1. The van der Waals surface area contributed by atoms with Gasteiger partial charge < -0.3 is 9.88 Å². The van der Waals surface area contributed by atoms with Crippen LogP contribution in [0.3, 0.4) is 0 Å². The standard InChI is InChI=1S/C20H22N4O3S/c1-14(2)24-19(26)17(28-20(24)27)12-15-4-6-16(7-5-15)18(25)22-8-3-10-23-11-9-21-13-23/h4-7,9,11-14H,3,8,10H2,1-2H3,(H,22,25). The topological polar surface area (TPSA) is 84.3 Å². The summed E-state index contributed by atoms with van der Waals surface area (Å²) in [5.74, 6) is -0.415. The lowest BCUT2D eigenvalue weighted by molar-refractivity contribution is -0.123. The number of imide groups is 1. The number of rotatable bonds is 7. The van der Waals surface area contributed by atoms with E-state index in [-0.39, 0.29) is 23.1 Å². The third-order valence-corrected chi connectivity index (χ3v) is 5.13. The Hall–Kier alpha value is -2.87. The molecule has 7 nitrogen and oxygen atoms in total. The summed E-state index contributed by atoms with van der Waals surface area (Å²) in [5, 5.41) is 2.64. The van der Waals surface area contributed by atoms with Crippen LogP contribution in [0.15, 0.2) is 47.9 Å². The maximum atomic E-state index is 12.3. The zero-order valence-electron chi connectivity index (χ0n) is 15.8. The summed E-state index contributed by atoms with van der Waals surface area (Å²) < 4.78 is 1.96. The monoisotopic (exact) mass is 398 g/mol. The fraction of sp³-hybridized carbons (Fsp3) is 0.300. The molecule has 0 unspecified atom stereocenters. The van der Waals surface area contributed by atoms with Crippen molar-refractivity contribution in [2.75, 3.05) is 6.54 Å². The van der Waals surface area contributed by atoms with Crippen molar-refractivity contribution in [1.29, 1.82) is 0 Å². The van der Waals surface area contributed by atoms with Crippen LogP contribution in [0.2, 0.25) is 0 Å². The number of aryl methyl sites for hydroxylation is 1. The Morgan fingerprint density at radius 1 is 1.25 bits per heavy atom. The van der Waals surface area contributed by atoms with Crippen LogP contribution < -0.4 is 5.32 Å². The molecule has 146 valence electrons. The number of hydrogen-bond acceptors (Lipinski definition) is 5. The number of amides is 3. The first-order chi connectivity index (χ1) is 13.5. The number of carbonyl (C=O) groups excluding carboxylic acids is 3. The van der Waals surface area contributed by atoms with Crippen molar-refractivity contribution in [1.82, 2.24) is 19.8 Å². The van der Waals surface area contributed by atoms with Gasteiger partial charge in [0.2, 0.25) is 0 Å². The Morgan fingerprint density at radius 3 is 2.61 bits per heavy atom. The molecule has 28 heavy (non-hydrogen) atoms. The molecule has 1 aliphatic rings. The third kappa shape index (κ3) is 4.69. The van der Waals surface area contributed by atoms with Crippen LogP contribution in [0.1, 0.15) is 36.2 Å². The SMILES string of the molecule is CC(C)N1C(=O)SC(=Cc2ccc(C(=O)NCCCn3ccnc3)cc2)C1=O. The number of thioether (sulfide) groups is 1. The lowest BCUT2D eigenvalue weighted by Crippen LogP contribution is -2.34. The zero-order chi connectivity index (χ0) is 20.1. The summed E-state index contributed by atoms with van der Waals surface area (Å²) in [5.41, 5.74) is 1.32. The third-order valence-electron chi connectivity index (χ3n) is 4.25. The maximum absolute atomic E-state index is 12.3. The number of aromatic nitrogens is 2. The number of imidazole rings is 1. The fourth-order valence-corrected chi connectivity index (χ4v) is 3.75. The van der Waals surface area contributed by atoms with Crippen LogP contribution in [0.5, 0.6) is 0 Å². The van der Waals surface area contributed by atoms with Crippen LogP contribution in [-0.4, -0.2) is 44.1 Å². The Bertz CT molecular complexity index is 889. The molecule has 1 saturated heterocycles. The van der Waals surface area contributed by atoms with Crippen LogP contribution in [0.4, 0.5) is 4.79 Å². The molecule has 0 spiro atoms. The van der Waals surface area contributed by atoms with Crippen LogP contribution >= 0.6 is 11.8 Å². The second-order valence-electron chi connectivity index (χ2n) is 6.68. The van der Waals surface area contributed by atoms with Gasteiger partial charge in [0.15, 0.2) is 0 Å². The second-order valence-corrected chi connectivity index (χ2v) is 7.67. The highest BCUT2D eigenvalue weighted by atomic mass is 32.2. The Morgan fingerprint density at radius 2 is 2.00 bits per heavy atom. The first-order valence-corrected chi connectivity index (χ1v) is 9.88. The van der Waals surface area contributed by atoms with Crippen LogP contribution in [0.25, 0.3) is 6.08 Å². The van der Waals surface area contributed by atoms with Gasteiger partial charge in [-0.05, 0) is 55.8 Å². The number of nitrogens with zero attached hydrogens (tertiary/aromatic N) is 3. The van der Waals surface area contributed by atoms with E-state index in [9.17, 15) is 14.4 Å². The van der Waals surface area contributed by atoms with E-state index in [2.05, 4.69) is 10.3 Å². The average Bonchev–Trinajstić information content (AvgIpc) is 3.27. The summed E-state index contributed by atoms with van der Waals surface area (Å²) in [7, 11) is 0. The second kappa shape index (κ2) is 8.88. The molecule has 1 N–H and O–H groups in total. The van der Waals surface area contributed by atoms with Gasteiger partial charge in [0.05, 0.1) is 11.2 Å². The minimum atomic E-state index is -0.273. The number of hydrogen-bond donors (Lipinski definition) is 1. The highest BCUT2D eigenvalue weighted by Crippen LogP contribution is 2.33. The van der Waals surface area contributed by atoms with Crippen LogP contribution in [-0.2, 0) is 11.3 Å². The summed E-state index contributed by atoms with van der Waals surface area (Å²) in [4.78, 5) is 42.1. The molecule has 0 saturated carbocycles. The van der Waals surface area contributed by atoms with E-state index in [0.29, 0.717) is 17.0 Å². The molecule has 3 rings (SSSR count). The molecule has 1 aromatic heterocycles. The maximum Gasteiger partial charge on any atom is 0.293 e. The van der Waals surface area contributed by atoms with Crippen LogP contribution in [0, 0.1) is 0 Å². The molecule has 0 aliphatic carbocycles. The molecule has 3 amide bonds. The van der Waals surface area contributed by atoms with Crippen molar-refractivity contribution in [2.45, 2.75) is 32.9 Å². The highest BCUT2D eigenvalue weighted by molar-refractivity contribution is 8.18. The molecule has 0 bridgehead atoms. The quantitative estimate of drug-likeness (QED) is 0.572. The molecule has 2 aromatic rings. The van der Waals surface area contributed by atoms with Gasteiger partial charge in [-0.1, -0.05) is 12.1 Å². The molecule has 0 atom stereocenters. The average molecular weight is 398 g/mol. The van der Waals surface area contributed by atoms with Crippen molar-refractivity contribution in [3.05, 3.63) is 59.0 Å². The van der Waals surface area contributed by atoms with E-state index in [0.717, 1.165) is 30.3 Å². The Kier molecular flexibility index (Phi) is 6.30. The lowest BCUT2D eigenvalue weighted by Gasteiger charge is -2.16. The fourth-order valence-electron chi connectivity index (χ4n) is 2.79. The predicted molar refractivity (Wildman–Crippen MR) is 109 cm³/mol. The van der Waals surface area contributed by atoms with E-state index in [4.69, 9.17) is 0 Å². The van der Waals surface area contributed by atoms with Crippen molar-refractivity contribution >= 4 is 34.9 Å². The van der Waals surface area contributed by atoms with Gasteiger partial charge in [-0.15, -0.1) is 0 Å². The normalized spacial score (nSPS) is 15.7. The minimum Gasteiger partial charge on any atom is -0.352 e. The molecule has 8 heteroatoms. The molecule has 1 fully saturated rings. The van der Waals surface area contributed by atoms with Crippen molar-refractivity contribution < 1.29 is 14.4 Å². The first-order valence-electron chi connectivity index (χ1n) is 9.07. The molecule has 2 heterocycles. The number of benzene rings is 1. The largest absolute Gasteiger partial charge is 0.352 e. The van der Waals surface area contributed by atoms with Gasteiger partial charge in [-0.25, -0.2) is 4.98 Å². The Labute approximate surface area is 167 Å². The van der Waals surface area contributed by atoms with E-state index in [1.807, 2.05) is 24.6 Å². The summed E-state index contributed by atoms with van der Waals surface area (Å²) in [6.45, 7) is 4.98. The van der Waals surface area contributed by atoms with E-state index < -0.39 is 0 Å². The van der Waals surface area contributed by atoms with E-state index in [1.165, 1.54) is 4.90 Å². The van der Waals surface area contributed by atoms with Crippen molar-refractivity contribution in [3.63, 3.8) is 0 Å². The molecule has 0 radical (unpaired) electrons. The number of nitrogens with one attached hydrogen (secondary N) is 1. The highest BCUT2D eigenvalue weighted by Gasteiger charge is 2.36. The van der Waals surface area contributed by atoms with Gasteiger partial charge >= 0.3 is 0 Å². The van der Waals surface area contributed by atoms with E-state index >= 15 is 0 Å². The van der Waals surface area contributed by atoms with Gasteiger partial charge in [0.1, 0.15) is 0 Å². The van der Waals surface area contributed by atoms with Gasteiger partial charge in [-0.2, -0.15) is 0 Å². The van der Waals surface area contributed by atoms with Gasteiger partial charge in [0, 0.05) is 37.1 Å². The molecule has 1 aliphatic heterocycles. The Balaban J connectivity index is 1.55. The number of carbonyl (C=O) groups is 3. The minimum absolute atomic E-state index is 0.141. The van der Waals surface area contributed by atoms with Gasteiger partial charge in [-0.3, -0.25) is 19.3 Å². The summed E-state index contributed by atoms with van der Waals surface area (Å²) in [6, 6.07) is 6.79. The van der Waals surface area contributed by atoms with Crippen molar-refractivity contribution in [2.24, 2.45) is 0 Å². The summed E-state index contributed by atoms with van der Waals surface area (Å²) in [6.07, 6.45) is 7.85. The zero-order valence-corrected chi connectivity index (χ0v) is 16.6. The molecule has 1 aromatic carbocycles. The molecular weight excluding hydrogens is 376 g/mol. The first kappa shape index (κ1) is 19.9. The predicted octanol–water partition coefficient (Wildman–Crippen LogP) is 3.15. The van der Waals surface area contributed by atoms with Gasteiger partial charge in [0.25, 0.3) is 17.1 Å². The smallest absolute Gasteiger partial charge is 0.293 e. The summed E-state index contributed by atoms with van der Waals surface area (Å²) >= 11 is 0.941. The van der Waals surface area contributed by atoms with E-state index in [1.54, 1.807) is 42.9 Å². The van der Waals surface area contributed by atoms with Crippen molar-refractivity contribution in [3.8, 4) is 0 Å². The molecular formula is C20H22N4O3S.